The van der Waals surface area contributed by atoms with Crippen molar-refractivity contribution >= 4 is 0 Å². The maximum atomic E-state index is 12.2. The van der Waals surface area contributed by atoms with Crippen LogP contribution >= 0.6 is 0 Å². The van der Waals surface area contributed by atoms with Crippen molar-refractivity contribution in [1.82, 2.24) is 0 Å². The van der Waals surface area contributed by atoms with Crippen molar-refractivity contribution in [3.63, 3.8) is 0 Å². The van der Waals surface area contributed by atoms with Gasteiger partial charge < -0.3 is 14.2 Å². The molecule has 0 aromatic carbocycles. The van der Waals surface area contributed by atoms with Crippen LogP contribution in [0.5, 0.6) is 0 Å². The lowest BCUT2D eigenvalue weighted by molar-refractivity contribution is -0.110. The standard InChI is InChI=1S/C6H12F2O3/c1-9-5(7)3-11-4-6(8)10-2/h5-6H,3-4H2,1-2H3. The first-order chi connectivity index (χ1) is 5.20. The summed E-state index contributed by atoms with van der Waals surface area (Å²) in [5, 5.41) is 0. The molecule has 0 aromatic heterocycles. The molecule has 11 heavy (non-hydrogen) atoms. The lowest BCUT2D eigenvalue weighted by Gasteiger charge is -2.08. The van der Waals surface area contributed by atoms with Crippen LogP contribution in [0, 0.1) is 0 Å². The topological polar surface area (TPSA) is 27.7 Å². The summed E-state index contributed by atoms with van der Waals surface area (Å²) in [6, 6.07) is 0. The molecule has 3 nitrogen and oxygen atoms in total. The number of hydrogen-bond acceptors (Lipinski definition) is 3. The van der Waals surface area contributed by atoms with E-state index in [2.05, 4.69) is 14.2 Å². The van der Waals surface area contributed by atoms with Crippen LogP contribution in [0.2, 0.25) is 0 Å². The molecule has 0 N–H and O–H groups in total. The molecule has 0 aliphatic rings. The molecule has 0 bridgehead atoms. The van der Waals surface area contributed by atoms with E-state index in [1.54, 1.807) is 0 Å². The maximum absolute atomic E-state index is 12.2. The van der Waals surface area contributed by atoms with Crippen LogP contribution in [0.1, 0.15) is 0 Å². The first-order valence-electron chi connectivity index (χ1n) is 3.12. The van der Waals surface area contributed by atoms with Crippen LogP contribution < -0.4 is 0 Å². The largest absolute Gasteiger partial charge is 0.370 e. The SMILES string of the molecule is COC(F)COCC(F)OC. The maximum Gasteiger partial charge on any atom is 0.222 e. The lowest BCUT2D eigenvalue weighted by atomic mass is 10.7. The van der Waals surface area contributed by atoms with E-state index >= 15 is 0 Å². The Morgan fingerprint density at radius 1 is 1.00 bits per heavy atom. The Kier molecular flexibility index (Phi) is 6.30. The van der Waals surface area contributed by atoms with Crippen molar-refractivity contribution in [2.24, 2.45) is 0 Å². The fourth-order valence-electron chi connectivity index (χ4n) is 0.389. The van der Waals surface area contributed by atoms with Crippen LogP contribution in [0.4, 0.5) is 8.78 Å². The van der Waals surface area contributed by atoms with Crippen LogP contribution in [0.15, 0.2) is 0 Å². The minimum absolute atomic E-state index is 0.277. The average Bonchev–Trinajstić information content (AvgIpc) is 2.04. The third kappa shape index (κ3) is 6.15. The Morgan fingerprint density at radius 3 is 1.64 bits per heavy atom. The van der Waals surface area contributed by atoms with Gasteiger partial charge in [-0.05, 0) is 0 Å². The molecule has 2 unspecified atom stereocenters. The summed E-state index contributed by atoms with van der Waals surface area (Å²) in [7, 11) is 2.41. The third-order valence-electron chi connectivity index (χ3n) is 1.01. The van der Waals surface area contributed by atoms with Crippen LogP contribution in [-0.2, 0) is 14.2 Å². The van der Waals surface area contributed by atoms with Gasteiger partial charge in [-0.2, -0.15) is 0 Å². The monoisotopic (exact) mass is 170 g/mol. The van der Waals surface area contributed by atoms with E-state index in [-0.39, 0.29) is 13.2 Å². The molecular formula is C6H12F2O3. The molecule has 0 spiro atoms. The fourth-order valence-corrected chi connectivity index (χ4v) is 0.389. The Morgan fingerprint density at radius 2 is 1.36 bits per heavy atom. The van der Waals surface area contributed by atoms with Gasteiger partial charge in [0.05, 0.1) is 0 Å². The highest BCUT2D eigenvalue weighted by Gasteiger charge is 2.07. The van der Waals surface area contributed by atoms with Gasteiger partial charge in [0.15, 0.2) is 0 Å². The first-order valence-corrected chi connectivity index (χ1v) is 3.12. The number of hydrogen-bond donors (Lipinski definition) is 0. The van der Waals surface area contributed by atoms with Crippen LogP contribution in [0.25, 0.3) is 0 Å². The molecular weight excluding hydrogens is 158 g/mol. The number of methoxy groups -OCH3 is 2. The minimum Gasteiger partial charge on any atom is -0.370 e. The predicted octanol–water partition coefficient (Wildman–Crippen LogP) is 0.887. The van der Waals surface area contributed by atoms with Crippen molar-refractivity contribution in [1.29, 1.82) is 0 Å². The Balaban J connectivity index is 3.13. The van der Waals surface area contributed by atoms with Gasteiger partial charge in [-0.1, -0.05) is 0 Å². The Labute approximate surface area is 64.2 Å². The zero-order chi connectivity index (χ0) is 8.69. The second-order valence-corrected chi connectivity index (χ2v) is 1.83. The van der Waals surface area contributed by atoms with Gasteiger partial charge in [0, 0.05) is 14.2 Å². The summed E-state index contributed by atoms with van der Waals surface area (Å²) < 4.78 is 37.3. The van der Waals surface area contributed by atoms with Gasteiger partial charge in [-0.3, -0.25) is 0 Å². The Bertz CT molecular complexity index is 81.9. The number of ether oxygens (including phenoxy) is 3. The summed E-state index contributed by atoms with van der Waals surface area (Å²) in [5.74, 6) is 0. The third-order valence-corrected chi connectivity index (χ3v) is 1.01. The van der Waals surface area contributed by atoms with E-state index in [1.165, 1.54) is 14.2 Å². The zero-order valence-corrected chi connectivity index (χ0v) is 6.55. The van der Waals surface area contributed by atoms with Gasteiger partial charge >= 0.3 is 0 Å². The molecule has 0 aliphatic heterocycles. The van der Waals surface area contributed by atoms with Crippen molar-refractivity contribution in [2.75, 3.05) is 27.4 Å². The van der Waals surface area contributed by atoms with E-state index in [9.17, 15) is 8.78 Å². The summed E-state index contributed by atoms with van der Waals surface area (Å²) in [6.45, 7) is -0.555. The smallest absolute Gasteiger partial charge is 0.222 e. The lowest BCUT2D eigenvalue weighted by Crippen LogP contribution is -2.18. The molecule has 0 saturated heterocycles. The van der Waals surface area contributed by atoms with E-state index < -0.39 is 12.7 Å². The molecule has 0 saturated carbocycles. The summed E-state index contributed by atoms with van der Waals surface area (Å²) in [5.41, 5.74) is 0. The quantitative estimate of drug-likeness (QED) is 0.592. The average molecular weight is 170 g/mol. The predicted molar refractivity (Wildman–Crippen MR) is 34.6 cm³/mol. The number of rotatable bonds is 6. The number of alkyl halides is 2. The van der Waals surface area contributed by atoms with Crippen molar-refractivity contribution < 1.29 is 23.0 Å². The molecule has 0 heterocycles. The van der Waals surface area contributed by atoms with Gasteiger partial charge in [-0.15, -0.1) is 0 Å². The van der Waals surface area contributed by atoms with Gasteiger partial charge in [0.1, 0.15) is 13.2 Å². The summed E-state index contributed by atoms with van der Waals surface area (Å²) in [6.07, 6.45) is -3.00. The zero-order valence-electron chi connectivity index (χ0n) is 6.55. The molecule has 5 heteroatoms. The van der Waals surface area contributed by atoms with Crippen molar-refractivity contribution in [3.05, 3.63) is 0 Å². The molecule has 0 rings (SSSR count). The van der Waals surface area contributed by atoms with Crippen LogP contribution in [-0.4, -0.2) is 40.1 Å². The molecule has 0 fully saturated rings. The highest BCUT2D eigenvalue weighted by atomic mass is 19.2. The van der Waals surface area contributed by atoms with E-state index in [1.807, 2.05) is 0 Å². The highest BCUT2D eigenvalue weighted by Crippen LogP contribution is 1.96. The molecule has 68 valence electrons. The number of halogens is 2. The molecule has 0 radical (unpaired) electrons. The Hall–Kier alpha value is -0.260. The summed E-state index contributed by atoms with van der Waals surface area (Å²) >= 11 is 0. The van der Waals surface area contributed by atoms with Crippen molar-refractivity contribution in [2.45, 2.75) is 12.7 Å². The molecule has 0 aromatic rings. The van der Waals surface area contributed by atoms with E-state index in [0.29, 0.717) is 0 Å². The second-order valence-electron chi connectivity index (χ2n) is 1.83. The highest BCUT2D eigenvalue weighted by molar-refractivity contribution is 4.39. The molecule has 2 atom stereocenters. The molecule has 0 aliphatic carbocycles. The van der Waals surface area contributed by atoms with E-state index in [4.69, 9.17) is 0 Å². The molecule has 0 amide bonds. The minimum atomic E-state index is -1.50. The van der Waals surface area contributed by atoms with Crippen LogP contribution in [0.3, 0.4) is 0 Å². The first kappa shape index (κ1) is 10.7. The van der Waals surface area contributed by atoms with Gasteiger partial charge in [-0.25, -0.2) is 8.78 Å². The summed E-state index contributed by atoms with van der Waals surface area (Å²) in [4.78, 5) is 0. The van der Waals surface area contributed by atoms with Gasteiger partial charge in [0.2, 0.25) is 12.7 Å². The van der Waals surface area contributed by atoms with Gasteiger partial charge in [0.25, 0.3) is 0 Å². The van der Waals surface area contributed by atoms with E-state index in [0.717, 1.165) is 0 Å². The second kappa shape index (κ2) is 6.45. The van der Waals surface area contributed by atoms with Crippen molar-refractivity contribution in [3.8, 4) is 0 Å². The fraction of sp³-hybridized carbons (Fsp3) is 1.00. The normalized spacial score (nSPS) is 16.4.